The fourth-order valence-corrected chi connectivity index (χ4v) is 2.55. The molecule has 1 radical (unpaired) electrons. The van der Waals surface area contributed by atoms with E-state index in [0.29, 0.717) is 0 Å². The first-order chi connectivity index (χ1) is 3.31. The van der Waals surface area contributed by atoms with Crippen LogP contribution >= 0.6 is 7.49 Å². The molecule has 1 nitrogen and oxygen atoms in total. The highest BCUT2D eigenvalue weighted by molar-refractivity contribution is 7.83. The zero-order valence-electron chi connectivity index (χ0n) is 4.09. The lowest BCUT2D eigenvalue weighted by Gasteiger charge is -1.86. The molecule has 0 amide bonds. The molecule has 0 aromatic heterocycles. The van der Waals surface area contributed by atoms with Crippen molar-refractivity contribution in [3.05, 3.63) is 23.5 Å². The van der Waals surface area contributed by atoms with Gasteiger partial charge < -0.3 is 4.52 Å². The van der Waals surface area contributed by atoms with E-state index in [1.165, 1.54) is 5.50 Å². The third-order valence-electron chi connectivity index (χ3n) is 1.30. The molecule has 0 bridgehead atoms. The van der Waals surface area contributed by atoms with Gasteiger partial charge in [-0.3, -0.25) is 0 Å². The monoisotopic (exact) mass is 113 g/mol. The zero-order chi connectivity index (χ0) is 4.91. The number of allylic oxidation sites excluding steroid dienone is 2. The van der Waals surface area contributed by atoms with Gasteiger partial charge in [0, 0.05) is 0 Å². The maximum Gasteiger partial charge on any atom is 0.158 e. The molecule has 37 valence electrons. The van der Waals surface area contributed by atoms with Crippen LogP contribution in [0.4, 0.5) is 0 Å². The normalized spacial score (nSPS) is 42.1. The summed E-state index contributed by atoms with van der Waals surface area (Å²) in [5, 5.41) is 0. The van der Waals surface area contributed by atoms with Gasteiger partial charge in [-0.1, -0.05) is 6.08 Å². The van der Waals surface area contributed by atoms with Gasteiger partial charge in [-0.25, -0.2) is 0 Å². The van der Waals surface area contributed by atoms with Crippen molar-refractivity contribution in [2.24, 2.45) is 0 Å². The fourth-order valence-electron chi connectivity index (χ4n) is 0.746. The summed E-state index contributed by atoms with van der Waals surface area (Å²) in [5.41, 5.74) is 1.23. The maximum atomic E-state index is 5.23. The van der Waals surface area contributed by atoms with E-state index in [1.807, 2.05) is 6.08 Å². The van der Waals surface area contributed by atoms with Crippen molar-refractivity contribution in [1.82, 2.24) is 0 Å². The molecule has 7 heavy (non-hydrogen) atoms. The van der Waals surface area contributed by atoms with Crippen LogP contribution in [0.25, 0.3) is 0 Å². The summed E-state index contributed by atoms with van der Waals surface area (Å²) < 4.78 is 5.23. The first kappa shape index (κ1) is 3.68. The van der Waals surface area contributed by atoms with Crippen LogP contribution in [-0.4, -0.2) is 6.66 Å². The van der Waals surface area contributed by atoms with Gasteiger partial charge in [-0.05, 0) is 18.6 Å². The Morgan fingerprint density at radius 3 is 2.71 bits per heavy atom. The minimum absolute atomic E-state index is 0.946. The minimum atomic E-state index is -0.946. The average molecular weight is 113 g/mol. The largest absolute Gasteiger partial charge is 0.466 e. The Hall–Kier alpha value is -0.290. The average Bonchev–Trinajstić information content (AvgIpc) is 2.09. The molecule has 0 saturated carbocycles. The Labute approximate surface area is 43.1 Å². The van der Waals surface area contributed by atoms with Crippen LogP contribution < -0.4 is 0 Å². The molecule has 0 spiro atoms. The molecule has 2 heteroatoms. The van der Waals surface area contributed by atoms with E-state index in [2.05, 4.69) is 18.6 Å². The van der Waals surface area contributed by atoms with Gasteiger partial charge in [-0.2, -0.15) is 0 Å². The van der Waals surface area contributed by atoms with Crippen molar-refractivity contribution in [2.75, 3.05) is 6.66 Å². The standard InChI is InChI=1S/C5H6OP/c1-7-4-2-3-5(7)6-7/h2-4H,1H3. The molecule has 1 fully saturated rings. The highest BCUT2D eigenvalue weighted by Crippen LogP contribution is 2.84. The van der Waals surface area contributed by atoms with Crippen LogP contribution in [0.1, 0.15) is 0 Å². The maximum absolute atomic E-state index is 5.23. The molecule has 1 unspecified atom stereocenters. The van der Waals surface area contributed by atoms with Crippen LogP contribution in [0.2, 0.25) is 0 Å². The Morgan fingerprint density at radius 2 is 2.57 bits per heavy atom. The predicted octanol–water partition coefficient (Wildman–Crippen LogP) is 1.95. The van der Waals surface area contributed by atoms with Crippen molar-refractivity contribution in [2.45, 2.75) is 0 Å². The quantitative estimate of drug-likeness (QED) is 0.345. The van der Waals surface area contributed by atoms with Gasteiger partial charge in [0.15, 0.2) is 5.50 Å². The number of hydrogen-bond acceptors (Lipinski definition) is 1. The van der Waals surface area contributed by atoms with Gasteiger partial charge >= 0.3 is 0 Å². The smallest absolute Gasteiger partial charge is 0.158 e. The molecular weight excluding hydrogens is 107 g/mol. The van der Waals surface area contributed by atoms with Crippen molar-refractivity contribution in [3.63, 3.8) is 0 Å². The molecule has 2 rings (SSSR count). The molecule has 1 saturated heterocycles. The summed E-state index contributed by atoms with van der Waals surface area (Å²) in [6.45, 7) is 2.17. The summed E-state index contributed by atoms with van der Waals surface area (Å²) in [4.78, 5) is 0. The topological polar surface area (TPSA) is 12.5 Å². The molecule has 2 aliphatic rings. The van der Waals surface area contributed by atoms with Gasteiger partial charge in [0.1, 0.15) is 7.49 Å². The van der Waals surface area contributed by atoms with E-state index in [9.17, 15) is 0 Å². The fraction of sp³-hybridized carbons (Fsp3) is 0.200. The third-order valence-corrected chi connectivity index (χ3v) is 3.56. The van der Waals surface area contributed by atoms with Crippen LogP contribution in [0.5, 0.6) is 0 Å². The molecule has 0 aromatic rings. The van der Waals surface area contributed by atoms with Crippen LogP contribution in [0, 0.1) is 0 Å². The molecule has 0 aromatic carbocycles. The lowest BCUT2D eigenvalue weighted by atomic mass is 10.6. The second kappa shape index (κ2) is 0.784. The van der Waals surface area contributed by atoms with E-state index in [0.717, 1.165) is 0 Å². The zero-order valence-corrected chi connectivity index (χ0v) is 4.98. The lowest BCUT2D eigenvalue weighted by molar-refractivity contribution is 0.633. The molecule has 0 N–H and O–H groups in total. The molecule has 2 aliphatic heterocycles. The van der Waals surface area contributed by atoms with E-state index in [1.54, 1.807) is 0 Å². The Kier molecular flexibility index (Phi) is 0.412. The first-order valence-electron chi connectivity index (χ1n) is 2.27. The minimum Gasteiger partial charge on any atom is -0.466 e. The van der Waals surface area contributed by atoms with E-state index in [-0.39, 0.29) is 0 Å². The van der Waals surface area contributed by atoms with Gasteiger partial charge in [0.2, 0.25) is 0 Å². The van der Waals surface area contributed by atoms with Crippen molar-refractivity contribution < 1.29 is 4.52 Å². The third kappa shape index (κ3) is 0.318. The number of hydrogen-bond donors (Lipinski definition) is 0. The number of rotatable bonds is 0. The second-order valence-electron chi connectivity index (χ2n) is 1.93. The number of fused-ring (bicyclic) bond motifs is 1. The van der Waals surface area contributed by atoms with Gasteiger partial charge in [0.25, 0.3) is 0 Å². The molecule has 1 atom stereocenters. The highest BCUT2D eigenvalue weighted by Gasteiger charge is 2.45. The summed E-state index contributed by atoms with van der Waals surface area (Å²) in [7, 11) is -0.946. The van der Waals surface area contributed by atoms with Crippen LogP contribution in [-0.2, 0) is 4.52 Å². The predicted molar refractivity (Wildman–Crippen MR) is 31.2 cm³/mol. The van der Waals surface area contributed by atoms with E-state index >= 15 is 0 Å². The summed E-state index contributed by atoms with van der Waals surface area (Å²) in [6, 6.07) is 0. The van der Waals surface area contributed by atoms with E-state index in [4.69, 9.17) is 4.52 Å². The molecule has 2 heterocycles. The highest BCUT2D eigenvalue weighted by atomic mass is 31.2. The Bertz CT molecular complexity index is 171. The van der Waals surface area contributed by atoms with Crippen LogP contribution in [0.15, 0.2) is 23.5 Å². The molecule has 0 aliphatic carbocycles. The summed E-state index contributed by atoms with van der Waals surface area (Å²) >= 11 is 0. The SMILES string of the molecule is C[P]12C=CC=C1O2. The Balaban J connectivity index is 2.51. The summed E-state index contributed by atoms with van der Waals surface area (Å²) in [6.07, 6.45) is 4.13. The van der Waals surface area contributed by atoms with Gasteiger partial charge in [0.05, 0.1) is 0 Å². The Morgan fingerprint density at radius 1 is 1.71 bits per heavy atom. The van der Waals surface area contributed by atoms with Gasteiger partial charge in [-0.15, -0.1) is 0 Å². The second-order valence-corrected chi connectivity index (χ2v) is 4.83. The summed E-state index contributed by atoms with van der Waals surface area (Å²) in [5.74, 6) is 2.17. The first-order valence-corrected chi connectivity index (χ1v) is 4.49. The van der Waals surface area contributed by atoms with Crippen molar-refractivity contribution in [1.29, 1.82) is 0 Å². The van der Waals surface area contributed by atoms with Crippen molar-refractivity contribution in [3.8, 4) is 0 Å². The van der Waals surface area contributed by atoms with Crippen LogP contribution in [0.3, 0.4) is 0 Å². The van der Waals surface area contributed by atoms with E-state index < -0.39 is 7.49 Å². The molecular formula is C5H6OP. The van der Waals surface area contributed by atoms with Crippen molar-refractivity contribution >= 4 is 7.49 Å². The lowest BCUT2D eigenvalue weighted by Crippen LogP contribution is -1.49.